The van der Waals surface area contributed by atoms with E-state index in [1.807, 2.05) is 14.0 Å². The number of nitrogens with one attached hydrogen (secondary N) is 2. The first-order chi connectivity index (χ1) is 18.1. The minimum Gasteiger partial charge on any atom is -0.367 e. The second-order valence-corrected chi connectivity index (χ2v) is 12.8. The predicted molar refractivity (Wildman–Crippen MR) is 146 cm³/mol. The van der Waals surface area contributed by atoms with Crippen LogP contribution in [0.1, 0.15) is 69.9 Å². The minimum absolute atomic E-state index is 0.0461. The topological polar surface area (TPSA) is 94.6 Å². The number of halogens is 1. The zero-order valence-electron chi connectivity index (χ0n) is 22.4. The molecule has 10 heteroatoms. The molecule has 1 aromatic carbocycles. The SMILES string of the molecule is C[C@@H](NC(=O)C1CCC(NS(=O)(=O)c2cnc3c(c2)N(C)C2CCCCC2N3C)CC1)c1ccc(F)cc1. The van der Waals surface area contributed by atoms with Gasteiger partial charge in [0, 0.05) is 38.3 Å². The first-order valence-electron chi connectivity index (χ1n) is 13.7. The summed E-state index contributed by atoms with van der Waals surface area (Å²) in [5.74, 6) is 0.305. The number of anilines is 2. The number of fused-ring (bicyclic) bond motifs is 2. The second kappa shape index (κ2) is 10.8. The summed E-state index contributed by atoms with van der Waals surface area (Å²) in [6.45, 7) is 1.88. The molecule has 3 atom stereocenters. The fourth-order valence-electron chi connectivity index (χ4n) is 6.36. The van der Waals surface area contributed by atoms with Crippen molar-refractivity contribution in [3.63, 3.8) is 0 Å². The number of benzene rings is 1. The van der Waals surface area contributed by atoms with Crippen LogP contribution in [0.4, 0.5) is 15.9 Å². The van der Waals surface area contributed by atoms with Crippen molar-refractivity contribution < 1.29 is 17.6 Å². The average molecular weight is 544 g/mol. The van der Waals surface area contributed by atoms with Crippen LogP contribution in [0.5, 0.6) is 0 Å². The van der Waals surface area contributed by atoms with E-state index in [-0.39, 0.29) is 34.6 Å². The van der Waals surface area contributed by atoms with Gasteiger partial charge in [0.25, 0.3) is 0 Å². The molecular weight excluding hydrogens is 505 g/mol. The molecule has 2 heterocycles. The van der Waals surface area contributed by atoms with Gasteiger partial charge in [0.15, 0.2) is 5.82 Å². The molecule has 38 heavy (non-hydrogen) atoms. The van der Waals surface area contributed by atoms with Gasteiger partial charge >= 0.3 is 0 Å². The van der Waals surface area contributed by atoms with Crippen LogP contribution >= 0.6 is 0 Å². The molecule has 206 valence electrons. The number of aromatic nitrogens is 1. The van der Waals surface area contributed by atoms with Crippen LogP contribution in [0.2, 0.25) is 0 Å². The van der Waals surface area contributed by atoms with Gasteiger partial charge in [0.1, 0.15) is 10.7 Å². The van der Waals surface area contributed by atoms with Crippen molar-refractivity contribution >= 4 is 27.4 Å². The molecule has 5 rings (SSSR count). The standard InChI is InChI=1S/C28H38FN5O3S/c1-18(19-8-12-21(29)13-9-19)31-28(35)20-10-14-22(15-11-20)32-38(36,37)23-16-26-27(30-17-23)34(3)25-7-5-4-6-24(25)33(26)2/h8-9,12-13,16-18,20,22,24-25,32H,4-7,10-11,14-15H2,1-3H3,(H,31,35)/t18-,20?,22?,24?,25?/m1/s1. The monoisotopic (exact) mass is 543 g/mol. The van der Waals surface area contributed by atoms with Gasteiger partial charge in [-0.3, -0.25) is 4.79 Å². The molecule has 3 aliphatic rings. The van der Waals surface area contributed by atoms with E-state index >= 15 is 0 Å². The Morgan fingerprint density at radius 1 is 1.00 bits per heavy atom. The summed E-state index contributed by atoms with van der Waals surface area (Å²) in [6.07, 6.45) is 8.47. The third kappa shape index (κ3) is 5.38. The smallest absolute Gasteiger partial charge is 0.242 e. The molecule has 8 nitrogen and oxygen atoms in total. The van der Waals surface area contributed by atoms with Crippen molar-refractivity contribution in [2.24, 2.45) is 5.92 Å². The van der Waals surface area contributed by atoms with E-state index in [0.717, 1.165) is 29.9 Å². The number of hydrogen-bond acceptors (Lipinski definition) is 6. The van der Waals surface area contributed by atoms with Crippen LogP contribution in [0, 0.1) is 11.7 Å². The van der Waals surface area contributed by atoms with Crippen molar-refractivity contribution in [2.45, 2.75) is 87.4 Å². The number of amides is 1. The fraction of sp³-hybridized carbons (Fsp3) is 0.571. The highest BCUT2D eigenvalue weighted by Crippen LogP contribution is 2.41. The third-order valence-corrected chi connectivity index (χ3v) is 10.2. The lowest BCUT2D eigenvalue weighted by Gasteiger charge is -2.49. The van der Waals surface area contributed by atoms with E-state index in [2.05, 4.69) is 31.9 Å². The summed E-state index contributed by atoms with van der Waals surface area (Å²) in [4.78, 5) is 22.0. The average Bonchev–Trinajstić information content (AvgIpc) is 2.92. The number of nitrogens with zero attached hydrogens (tertiary/aromatic N) is 3. The first-order valence-corrected chi connectivity index (χ1v) is 15.2. The van der Waals surface area contributed by atoms with Crippen LogP contribution in [0.15, 0.2) is 41.4 Å². The van der Waals surface area contributed by atoms with Crippen molar-refractivity contribution in [2.75, 3.05) is 23.9 Å². The number of rotatable bonds is 6. The first kappa shape index (κ1) is 26.9. The summed E-state index contributed by atoms with van der Waals surface area (Å²) >= 11 is 0. The van der Waals surface area contributed by atoms with Gasteiger partial charge in [0.05, 0.1) is 17.8 Å². The summed E-state index contributed by atoms with van der Waals surface area (Å²) < 4.78 is 42.7. The van der Waals surface area contributed by atoms with Crippen molar-refractivity contribution in [1.29, 1.82) is 0 Å². The van der Waals surface area contributed by atoms with Crippen LogP contribution in [0.3, 0.4) is 0 Å². The van der Waals surface area contributed by atoms with Crippen molar-refractivity contribution in [3.05, 3.63) is 47.9 Å². The molecule has 2 aromatic rings. The lowest BCUT2D eigenvalue weighted by Crippen LogP contribution is -2.55. The van der Waals surface area contributed by atoms with Gasteiger partial charge in [-0.15, -0.1) is 0 Å². The predicted octanol–water partition coefficient (Wildman–Crippen LogP) is 4.13. The highest BCUT2D eigenvalue weighted by Gasteiger charge is 2.39. The van der Waals surface area contributed by atoms with E-state index in [4.69, 9.17) is 0 Å². The Labute approximate surface area is 225 Å². The van der Waals surface area contributed by atoms with Gasteiger partial charge in [0.2, 0.25) is 15.9 Å². The Hall–Kier alpha value is -2.72. The van der Waals surface area contributed by atoms with Gasteiger partial charge in [-0.25, -0.2) is 22.5 Å². The molecule has 0 radical (unpaired) electrons. The van der Waals surface area contributed by atoms with E-state index in [9.17, 15) is 17.6 Å². The van der Waals surface area contributed by atoms with E-state index < -0.39 is 10.0 Å². The summed E-state index contributed by atoms with van der Waals surface area (Å²) in [5, 5.41) is 3.01. The maximum Gasteiger partial charge on any atom is 0.242 e. The normalized spacial score (nSPS) is 26.3. The van der Waals surface area contributed by atoms with Crippen LogP contribution in [-0.4, -0.2) is 51.5 Å². The lowest BCUT2D eigenvalue weighted by atomic mass is 9.85. The molecule has 2 aliphatic carbocycles. The number of carbonyl (C=O) groups excluding carboxylic acids is 1. The molecule has 0 saturated heterocycles. The Bertz CT molecular complexity index is 1260. The van der Waals surface area contributed by atoms with Crippen molar-refractivity contribution in [3.8, 4) is 0 Å². The molecule has 2 N–H and O–H groups in total. The van der Waals surface area contributed by atoms with Crippen molar-refractivity contribution in [1.82, 2.24) is 15.0 Å². The Balaban J connectivity index is 1.19. The van der Waals surface area contributed by atoms with E-state index in [1.54, 1.807) is 18.2 Å². The molecule has 2 fully saturated rings. The molecule has 1 aromatic heterocycles. The largest absolute Gasteiger partial charge is 0.367 e. The molecule has 0 bridgehead atoms. The van der Waals surface area contributed by atoms with Crippen LogP contribution < -0.4 is 19.8 Å². The fourth-order valence-corrected chi connectivity index (χ4v) is 7.63. The minimum atomic E-state index is -3.75. The summed E-state index contributed by atoms with van der Waals surface area (Å²) in [7, 11) is 0.355. The number of carbonyl (C=O) groups is 1. The van der Waals surface area contributed by atoms with Crippen LogP contribution in [0.25, 0.3) is 0 Å². The molecular formula is C28H38FN5O3S. The molecule has 2 unspecified atom stereocenters. The maximum atomic E-state index is 13.3. The van der Waals surface area contributed by atoms with E-state index in [0.29, 0.717) is 37.8 Å². The highest BCUT2D eigenvalue weighted by atomic mass is 32.2. The Morgan fingerprint density at radius 2 is 1.63 bits per heavy atom. The second-order valence-electron chi connectivity index (χ2n) is 11.1. The van der Waals surface area contributed by atoms with Gasteiger partial charge in [-0.1, -0.05) is 25.0 Å². The number of pyridine rings is 1. The summed E-state index contributed by atoms with van der Waals surface area (Å²) in [5.41, 5.74) is 1.70. The third-order valence-electron chi connectivity index (χ3n) is 8.68. The highest BCUT2D eigenvalue weighted by molar-refractivity contribution is 7.89. The molecule has 2 saturated carbocycles. The lowest BCUT2D eigenvalue weighted by molar-refractivity contribution is -0.126. The Kier molecular flexibility index (Phi) is 7.64. The Morgan fingerprint density at radius 3 is 2.29 bits per heavy atom. The summed E-state index contributed by atoms with van der Waals surface area (Å²) in [6, 6.07) is 8.18. The number of sulfonamides is 1. The molecule has 1 amide bonds. The van der Waals surface area contributed by atoms with Gasteiger partial charge in [-0.2, -0.15) is 0 Å². The van der Waals surface area contributed by atoms with E-state index in [1.165, 1.54) is 31.2 Å². The quantitative estimate of drug-likeness (QED) is 0.569. The number of hydrogen-bond donors (Lipinski definition) is 2. The molecule has 0 spiro atoms. The zero-order valence-corrected chi connectivity index (χ0v) is 23.2. The number of likely N-dealkylation sites (N-methyl/N-ethyl adjacent to an activating group) is 2. The van der Waals surface area contributed by atoms with Gasteiger partial charge < -0.3 is 15.1 Å². The van der Waals surface area contributed by atoms with Crippen LogP contribution in [-0.2, 0) is 14.8 Å². The van der Waals surface area contributed by atoms with Gasteiger partial charge in [-0.05, 0) is 69.2 Å². The maximum absolute atomic E-state index is 13.3. The zero-order chi connectivity index (χ0) is 27.0. The molecule has 1 aliphatic heterocycles.